The third-order valence-corrected chi connectivity index (χ3v) is 3.95. The molecule has 0 bridgehead atoms. The smallest absolute Gasteiger partial charge is 0.335 e. The molecule has 2 rings (SSSR count). The van der Waals surface area contributed by atoms with E-state index >= 15 is 0 Å². The van der Waals surface area contributed by atoms with Crippen molar-refractivity contribution >= 4 is 12.0 Å². The summed E-state index contributed by atoms with van der Waals surface area (Å²) in [6.07, 6.45) is 0.940. The maximum atomic E-state index is 13.3. The van der Waals surface area contributed by atoms with Crippen molar-refractivity contribution in [3.63, 3.8) is 0 Å². The Morgan fingerprint density at radius 1 is 1.22 bits per heavy atom. The van der Waals surface area contributed by atoms with Crippen LogP contribution in [0.1, 0.15) is 41.6 Å². The zero-order valence-electron chi connectivity index (χ0n) is 12.6. The van der Waals surface area contributed by atoms with Gasteiger partial charge in [0, 0.05) is 25.9 Å². The van der Waals surface area contributed by atoms with E-state index in [2.05, 4.69) is 10.6 Å². The summed E-state index contributed by atoms with van der Waals surface area (Å²) in [5.74, 6) is -3.82. The van der Waals surface area contributed by atoms with Gasteiger partial charge in [0.25, 0.3) is 0 Å². The molecule has 1 saturated carbocycles. The number of amides is 2. The lowest BCUT2D eigenvalue weighted by Gasteiger charge is -2.28. The highest BCUT2D eigenvalue weighted by Crippen LogP contribution is 2.36. The number of rotatable bonds is 5. The van der Waals surface area contributed by atoms with Crippen LogP contribution < -0.4 is 10.6 Å². The van der Waals surface area contributed by atoms with Gasteiger partial charge < -0.3 is 15.7 Å². The van der Waals surface area contributed by atoms with Gasteiger partial charge >= 0.3 is 12.0 Å². The molecule has 0 heterocycles. The lowest BCUT2D eigenvalue weighted by molar-refractivity contribution is -0.0516. The topological polar surface area (TPSA) is 78.4 Å². The molecule has 126 valence electrons. The number of carbonyl (C=O) groups is 2. The Labute approximate surface area is 133 Å². The average molecular weight is 326 g/mol. The quantitative estimate of drug-likeness (QED) is 0.778. The van der Waals surface area contributed by atoms with Crippen LogP contribution in [0.3, 0.4) is 0 Å². The summed E-state index contributed by atoms with van der Waals surface area (Å²) in [5.41, 5.74) is 0.936. The number of benzene rings is 1. The Kier molecular flexibility index (Phi) is 5.52. The number of carboxylic acids is 1. The van der Waals surface area contributed by atoms with E-state index in [9.17, 15) is 18.4 Å². The largest absolute Gasteiger partial charge is 0.478 e. The summed E-state index contributed by atoms with van der Waals surface area (Å²) in [4.78, 5) is 22.4. The third-order valence-electron chi connectivity index (χ3n) is 3.95. The lowest BCUT2D eigenvalue weighted by atomic mass is 9.86. The van der Waals surface area contributed by atoms with Crippen LogP contribution in [0.2, 0.25) is 0 Å². The van der Waals surface area contributed by atoms with Crippen LogP contribution in [-0.4, -0.2) is 29.6 Å². The van der Waals surface area contributed by atoms with Crippen molar-refractivity contribution in [2.75, 3.05) is 6.54 Å². The Hall–Kier alpha value is -2.18. The maximum Gasteiger partial charge on any atom is 0.335 e. The minimum atomic E-state index is -2.62. The SMILES string of the molecule is O=C(NCc1ccc(C(=O)O)cc1)NCC1CCCC(F)(F)C1. The first-order valence-electron chi connectivity index (χ1n) is 7.57. The number of carboxylic acid groups (broad SMARTS) is 1. The molecule has 5 nitrogen and oxygen atoms in total. The number of carbonyl (C=O) groups excluding carboxylic acids is 1. The highest BCUT2D eigenvalue weighted by atomic mass is 19.3. The minimum Gasteiger partial charge on any atom is -0.478 e. The Morgan fingerprint density at radius 3 is 2.52 bits per heavy atom. The van der Waals surface area contributed by atoms with Crippen molar-refractivity contribution < 1.29 is 23.5 Å². The summed E-state index contributed by atoms with van der Waals surface area (Å²) in [6.45, 7) is 0.478. The standard InChI is InChI=1S/C16H20F2N2O3/c17-16(18)7-1-2-12(8-16)10-20-15(23)19-9-11-3-5-13(6-4-11)14(21)22/h3-6,12H,1-2,7-10H2,(H,21,22)(H2,19,20,23). The molecular formula is C16H20F2N2O3. The molecule has 3 N–H and O–H groups in total. The molecule has 0 aliphatic heterocycles. The number of urea groups is 1. The van der Waals surface area contributed by atoms with Gasteiger partial charge in [-0.05, 0) is 36.5 Å². The van der Waals surface area contributed by atoms with Gasteiger partial charge in [-0.3, -0.25) is 0 Å². The Morgan fingerprint density at radius 2 is 1.91 bits per heavy atom. The highest BCUT2D eigenvalue weighted by molar-refractivity contribution is 5.87. The molecule has 1 aromatic rings. The molecule has 1 unspecified atom stereocenters. The van der Waals surface area contributed by atoms with Crippen LogP contribution >= 0.6 is 0 Å². The van der Waals surface area contributed by atoms with E-state index in [0.29, 0.717) is 12.8 Å². The van der Waals surface area contributed by atoms with Gasteiger partial charge in [0.2, 0.25) is 5.92 Å². The predicted octanol–water partition coefficient (Wildman–Crippen LogP) is 3.01. The number of aromatic carboxylic acids is 1. The second-order valence-electron chi connectivity index (χ2n) is 5.88. The second kappa shape index (κ2) is 7.39. The molecule has 23 heavy (non-hydrogen) atoms. The summed E-state index contributed by atoms with van der Waals surface area (Å²) in [5, 5.41) is 14.0. The van der Waals surface area contributed by atoms with Crippen molar-refractivity contribution in [2.45, 2.75) is 38.2 Å². The zero-order chi connectivity index (χ0) is 16.9. The number of alkyl halides is 2. The van der Waals surface area contributed by atoms with Gasteiger partial charge in [0.05, 0.1) is 5.56 Å². The van der Waals surface area contributed by atoms with Crippen LogP contribution in [0.15, 0.2) is 24.3 Å². The average Bonchev–Trinajstić information content (AvgIpc) is 2.50. The zero-order valence-corrected chi connectivity index (χ0v) is 12.6. The molecule has 2 amide bonds. The first-order valence-corrected chi connectivity index (χ1v) is 7.57. The van der Waals surface area contributed by atoms with E-state index in [4.69, 9.17) is 5.11 Å². The minimum absolute atomic E-state index is 0.0674. The van der Waals surface area contributed by atoms with Crippen LogP contribution in [0.4, 0.5) is 13.6 Å². The van der Waals surface area contributed by atoms with Gasteiger partial charge in [-0.1, -0.05) is 12.1 Å². The molecule has 1 aromatic carbocycles. The predicted molar refractivity (Wildman–Crippen MR) is 80.5 cm³/mol. The molecule has 0 saturated heterocycles. The maximum absolute atomic E-state index is 13.3. The molecule has 7 heteroatoms. The molecule has 1 fully saturated rings. The van der Waals surface area contributed by atoms with Crippen molar-refractivity contribution in [1.82, 2.24) is 10.6 Å². The fourth-order valence-electron chi connectivity index (χ4n) is 2.70. The summed E-state index contributed by atoms with van der Waals surface area (Å²) in [7, 11) is 0. The summed E-state index contributed by atoms with van der Waals surface area (Å²) in [6, 6.07) is 5.74. The Balaban J connectivity index is 1.71. The molecule has 0 aromatic heterocycles. The molecular weight excluding hydrogens is 306 g/mol. The van der Waals surface area contributed by atoms with Crippen molar-refractivity contribution in [1.29, 1.82) is 0 Å². The number of hydrogen-bond donors (Lipinski definition) is 3. The fourth-order valence-corrected chi connectivity index (χ4v) is 2.70. The van der Waals surface area contributed by atoms with Crippen molar-refractivity contribution in [2.24, 2.45) is 5.92 Å². The number of hydrogen-bond acceptors (Lipinski definition) is 2. The van der Waals surface area contributed by atoms with Gasteiger partial charge in [-0.25, -0.2) is 18.4 Å². The molecule has 1 atom stereocenters. The first kappa shape index (κ1) is 17.2. The molecule has 1 aliphatic carbocycles. The van der Waals surface area contributed by atoms with E-state index in [-0.39, 0.29) is 37.4 Å². The summed E-state index contributed by atoms with van der Waals surface area (Å²) < 4.78 is 26.5. The van der Waals surface area contributed by atoms with Crippen molar-refractivity contribution in [3.05, 3.63) is 35.4 Å². The van der Waals surface area contributed by atoms with E-state index in [1.165, 1.54) is 12.1 Å². The van der Waals surface area contributed by atoms with Gasteiger partial charge in [0.1, 0.15) is 0 Å². The van der Waals surface area contributed by atoms with Crippen LogP contribution in [-0.2, 0) is 6.54 Å². The van der Waals surface area contributed by atoms with Crippen molar-refractivity contribution in [3.8, 4) is 0 Å². The van der Waals surface area contributed by atoms with E-state index in [0.717, 1.165) is 5.56 Å². The van der Waals surface area contributed by atoms with Crippen LogP contribution in [0.5, 0.6) is 0 Å². The van der Waals surface area contributed by atoms with Gasteiger partial charge in [-0.2, -0.15) is 0 Å². The van der Waals surface area contributed by atoms with Crippen LogP contribution in [0.25, 0.3) is 0 Å². The monoisotopic (exact) mass is 326 g/mol. The number of nitrogens with one attached hydrogen (secondary N) is 2. The molecule has 1 aliphatic rings. The molecule has 0 radical (unpaired) electrons. The number of halogens is 2. The normalized spacial score (nSPS) is 19.8. The summed E-state index contributed by atoms with van der Waals surface area (Å²) >= 11 is 0. The second-order valence-corrected chi connectivity index (χ2v) is 5.88. The Bertz CT molecular complexity index is 561. The first-order chi connectivity index (χ1) is 10.9. The van der Waals surface area contributed by atoms with Gasteiger partial charge in [0.15, 0.2) is 0 Å². The van der Waals surface area contributed by atoms with E-state index < -0.39 is 17.9 Å². The van der Waals surface area contributed by atoms with Crippen LogP contribution in [0, 0.1) is 5.92 Å². The lowest BCUT2D eigenvalue weighted by Crippen LogP contribution is -2.40. The molecule has 0 spiro atoms. The third kappa shape index (κ3) is 5.50. The fraction of sp³-hybridized carbons (Fsp3) is 0.500. The van der Waals surface area contributed by atoms with Gasteiger partial charge in [-0.15, -0.1) is 0 Å². The van der Waals surface area contributed by atoms with E-state index in [1.54, 1.807) is 12.1 Å². The highest BCUT2D eigenvalue weighted by Gasteiger charge is 2.36. The van der Waals surface area contributed by atoms with E-state index in [1.807, 2.05) is 0 Å².